The van der Waals surface area contributed by atoms with Crippen LogP contribution in [0.15, 0.2) is 29.2 Å². The van der Waals surface area contributed by atoms with Gasteiger partial charge in [-0.25, -0.2) is 0 Å². The van der Waals surface area contributed by atoms with Crippen LogP contribution in [0, 0.1) is 0 Å². The number of piperidine rings is 2. The largest absolute Gasteiger partial charge is 0.378 e. The van der Waals surface area contributed by atoms with Crippen LogP contribution in [0.3, 0.4) is 0 Å². The highest BCUT2D eigenvalue weighted by molar-refractivity contribution is 7.84. The standard InChI is InChI=1S/C26H35N5O3S/c1-28-10-4-6-19(16-28)30-11-5-7-20(17-30)31-25-21-8-2-3-9-23(21)35(33)18-22(25)24(27-31)26(32)29-12-14-34-15-13-29/h2-3,8-9,19-20H,4-7,10-18H2,1H3/t19?,20-,35?/m0/s1. The van der Waals surface area contributed by atoms with Crippen LogP contribution in [0.25, 0.3) is 11.3 Å². The Morgan fingerprint density at radius 2 is 1.80 bits per heavy atom. The maximum Gasteiger partial charge on any atom is 0.274 e. The van der Waals surface area contributed by atoms with Crippen LogP contribution in [-0.2, 0) is 21.3 Å². The lowest BCUT2D eigenvalue weighted by Gasteiger charge is -2.42. The first-order chi connectivity index (χ1) is 17.1. The zero-order chi connectivity index (χ0) is 23.9. The van der Waals surface area contributed by atoms with E-state index in [0.29, 0.717) is 43.8 Å². The van der Waals surface area contributed by atoms with E-state index in [9.17, 15) is 9.00 Å². The molecule has 8 nitrogen and oxygen atoms in total. The van der Waals surface area contributed by atoms with E-state index in [1.807, 2.05) is 29.2 Å². The van der Waals surface area contributed by atoms with Crippen molar-refractivity contribution in [2.75, 3.05) is 59.5 Å². The lowest BCUT2D eigenvalue weighted by atomic mass is 9.98. The van der Waals surface area contributed by atoms with E-state index in [1.54, 1.807) is 0 Å². The minimum Gasteiger partial charge on any atom is -0.378 e. The molecule has 0 aliphatic carbocycles. The molecule has 9 heteroatoms. The fraction of sp³-hybridized carbons (Fsp3) is 0.615. The van der Waals surface area contributed by atoms with Crippen LogP contribution in [0.2, 0.25) is 0 Å². The maximum absolute atomic E-state index is 13.6. The minimum absolute atomic E-state index is 0.0544. The van der Waals surface area contributed by atoms with Crippen LogP contribution in [-0.4, -0.2) is 100 Å². The number of likely N-dealkylation sites (tertiary alicyclic amines) is 2. The van der Waals surface area contributed by atoms with Crippen molar-refractivity contribution in [2.24, 2.45) is 0 Å². The number of benzene rings is 1. The normalized spacial score (nSPS) is 27.9. The van der Waals surface area contributed by atoms with Crippen LogP contribution in [0.4, 0.5) is 0 Å². The van der Waals surface area contributed by atoms with Crippen molar-refractivity contribution in [1.29, 1.82) is 0 Å². The summed E-state index contributed by atoms with van der Waals surface area (Å²) in [4.78, 5) is 21.4. The van der Waals surface area contributed by atoms with Crippen molar-refractivity contribution in [3.63, 3.8) is 0 Å². The van der Waals surface area contributed by atoms with Gasteiger partial charge in [-0.2, -0.15) is 5.10 Å². The predicted molar refractivity (Wildman–Crippen MR) is 135 cm³/mol. The highest BCUT2D eigenvalue weighted by atomic mass is 32.2. The van der Waals surface area contributed by atoms with Crippen molar-refractivity contribution in [3.05, 3.63) is 35.5 Å². The van der Waals surface area contributed by atoms with Crippen molar-refractivity contribution in [2.45, 2.75) is 48.4 Å². The Morgan fingerprint density at radius 3 is 2.63 bits per heavy atom. The molecule has 0 saturated carbocycles. The number of ether oxygens (including phenoxy) is 1. The lowest BCUT2D eigenvalue weighted by molar-refractivity contribution is 0.0297. The van der Waals surface area contributed by atoms with Gasteiger partial charge in [-0.1, -0.05) is 18.2 Å². The predicted octanol–water partition coefficient (Wildman–Crippen LogP) is 2.37. The molecule has 1 aromatic heterocycles. The molecule has 0 radical (unpaired) electrons. The summed E-state index contributed by atoms with van der Waals surface area (Å²) >= 11 is 0. The molecule has 3 atom stereocenters. The third kappa shape index (κ3) is 4.37. The molecule has 6 rings (SSSR count). The number of nitrogens with zero attached hydrogens (tertiary/aromatic N) is 5. The van der Waals surface area contributed by atoms with Crippen LogP contribution in [0.5, 0.6) is 0 Å². The zero-order valence-corrected chi connectivity index (χ0v) is 21.3. The van der Waals surface area contributed by atoms with E-state index in [4.69, 9.17) is 9.84 Å². The zero-order valence-electron chi connectivity index (χ0n) is 20.5. The summed E-state index contributed by atoms with van der Waals surface area (Å²) in [7, 11) is 1.04. The minimum atomic E-state index is -1.18. The molecule has 188 valence electrons. The Bertz CT molecular complexity index is 1130. The summed E-state index contributed by atoms with van der Waals surface area (Å²) in [5.41, 5.74) is 3.31. The third-order valence-electron chi connectivity index (χ3n) is 8.06. The number of amides is 1. The van der Waals surface area contributed by atoms with E-state index in [2.05, 4.69) is 21.5 Å². The number of hydrogen-bond donors (Lipinski definition) is 0. The van der Waals surface area contributed by atoms with Gasteiger partial charge in [-0.15, -0.1) is 0 Å². The Hall–Kier alpha value is -2.07. The van der Waals surface area contributed by atoms with Crippen LogP contribution >= 0.6 is 0 Å². The van der Waals surface area contributed by atoms with Crippen LogP contribution < -0.4 is 0 Å². The summed E-state index contributed by atoms with van der Waals surface area (Å²) in [5.74, 6) is 0.294. The Balaban J connectivity index is 1.39. The van der Waals surface area contributed by atoms with E-state index < -0.39 is 10.8 Å². The van der Waals surface area contributed by atoms with Gasteiger partial charge in [-0.3, -0.25) is 18.6 Å². The first-order valence-corrected chi connectivity index (χ1v) is 14.3. The molecule has 0 N–H and O–H groups in total. The second-order valence-electron chi connectivity index (χ2n) is 10.4. The summed E-state index contributed by atoms with van der Waals surface area (Å²) in [6.07, 6.45) is 4.66. The summed E-state index contributed by atoms with van der Waals surface area (Å²) in [5, 5.41) is 5.03. The molecule has 4 aliphatic rings. The molecule has 3 fully saturated rings. The number of carbonyl (C=O) groups excluding carboxylic acids is 1. The summed E-state index contributed by atoms with van der Waals surface area (Å²) < 4.78 is 20.8. The van der Waals surface area contributed by atoms with Crippen molar-refractivity contribution >= 4 is 16.7 Å². The SMILES string of the molecule is CN1CCCC(N2CCC[C@H](n3nc(C(=O)N4CCOCC4)c4c3-c3ccccc3S(=O)C4)C2)C1. The Labute approximate surface area is 209 Å². The average Bonchev–Trinajstić information content (AvgIpc) is 3.28. The Kier molecular flexibility index (Phi) is 6.51. The van der Waals surface area contributed by atoms with Crippen molar-refractivity contribution in [1.82, 2.24) is 24.5 Å². The highest BCUT2D eigenvalue weighted by Gasteiger charge is 2.37. The second-order valence-corrected chi connectivity index (χ2v) is 11.8. The van der Waals surface area contributed by atoms with Crippen molar-refractivity contribution in [3.8, 4) is 11.3 Å². The van der Waals surface area contributed by atoms with Gasteiger partial charge in [0.25, 0.3) is 5.91 Å². The lowest BCUT2D eigenvalue weighted by Crippen LogP contribution is -2.50. The Morgan fingerprint density at radius 1 is 1.03 bits per heavy atom. The summed E-state index contributed by atoms with van der Waals surface area (Å²) in [6, 6.07) is 8.73. The third-order valence-corrected chi connectivity index (χ3v) is 9.46. The van der Waals surface area contributed by atoms with Gasteiger partial charge in [0.2, 0.25) is 0 Å². The number of aromatic nitrogens is 2. The molecule has 0 spiro atoms. The van der Waals surface area contributed by atoms with Gasteiger partial charge in [0.15, 0.2) is 5.69 Å². The molecule has 2 unspecified atom stereocenters. The van der Waals surface area contributed by atoms with Crippen molar-refractivity contribution < 1.29 is 13.7 Å². The number of morpholine rings is 1. The van der Waals surface area contributed by atoms with Gasteiger partial charge in [0, 0.05) is 48.2 Å². The smallest absolute Gasteiger partial charge is 0.274 e. The summed E-state index contributed by atoms with van der Waals surface area (Å²) in [6.45, 7) is 6.63. The van der Waals surface area contributed by atoms with Gasteiger partial charge in [0.1, 0.15) is 0 Å². The number of hydrogen-bond acceptors (Lipinski definition) is 6. The average molecular weight is 498 g/mol. The molecular formula is C26H35N5O3S. The quantitative estimate of drug-likeness (QED) is 0.649. The molecule has 35 heavy (non-hydrogen) atoms. The maximum atomic E-state index is 13.6. The molecule has 5 heterocycles. The van der Waals surface area contributed by atoms with Crippen LogP contribution in [0.1, 0.15) is 47.8 Å². The number of fused-ring (bicyclic) bond motifs is 3. The van der Waals surface area contributed by atoms with E-state index >= 15 is 0 Å². The van der Waals surface area contributed by atoms with Gasteiger partial charge in [-0.05, 0) is 51.9 Å². The number of likely N-dealkylation sites (N-methyl/N-ethyl adjacent to an activating group) is 1. The second kappa shape index (κ2) is 9.76. The van der Waals surface area contributed by atoms with Gasteiger partial charge in [0.05, 0.1) is 41.5 Å². The molecular weight excluding hydrogens is 462 g/mol. The molecule has 0 bridgehead atoms. The first-order valence-electron chi connectivity index (χ1n) is 13.0. The van der Waals surface area contributed by atoms with Gasteiger partial charge >= 0.3 is 0 Å². The van der Waals surface area contributed by atoms with E-state index in [0.717, 1.165) is 54.2 Å². The van der Waals surface area contributed by atoms with Gasteiger partial charge < -0.3 is 14.5 Å². The number of rotatable bonds is 3. The fourth-order valence-corrected chi connectivity index (χ4v) is 7.60. The monoisotopic (exact) mass is 497 g/mol. The molecule has 1 aromatic carbocycles. The molecule has 4 aliphatic heterocycles. The van der Waals surface area contributed by atoms with E-state index in [1.165, 1.54) is 19.4 Å². The molecule has 3 saturated heterocycles. The first kappa shape index (κ1) is 23.3. The molecule has 2 aromatic rings. The highest BCUT2D eigenvalue weighted by Crippen LogP contribution is 2.40. The topological polar surface area (TPSA) is 70.9 Å². The fourth-order valence-electron chi connectivity index (χ4n) is 6.26. The molecule has 1 amide bonds. The van der Waals surface area contributed by atoms with E-state index in [-0.39, 0.29) is 11.9 Å². The number of carbonyl (C=O) groups is 1.